The SMILES string of the molecule is CC(C)(C)c1ccc(C2=NC(c3ccc(C(C)(C)C)cc3)N=C(c3ccc(/C=C/CCCCCc4cc(Br)c(CCCCC/C=C/c5ccc(-c6nc(-c7ccc(C(C)(C)C)cc7)nc(-c7ccc(C(C)(C)C)cc7)n6)cc5)cc4Br)cc3)N2)cc1. The summed E-state index contributed by atoms with van der Waals surface area (Å²) in [6, 6.07) is 56.8. The van der Waals surface area contributed by atoms with Crippen molar-refractivity contribution in [2.75, 3.05) is 0 Å². The number of hydrogen-bond donors (Lipinski definition) is 1. The van der Waals surface area contributed by atoms with Gasteiger partial charge in [0.25, 0.3) is 0 Å². The maximum atomic E-state index is 5.16. The van der Waals surface area contributed by atoms with Crippen LogP contribution in [0.1, 0.15) is 202 Å². The van der Waals surface area contributed by atoms with Crippen LogP contribution in [0.2, 0.25) is 0 Å². The third kappa shape index (κ3) is 17.2. The van der Waals surface area contributed by atoms with Crippen molar-refractivity contribution in [3.63, 3.8) is 0 Å². The molecule has 0 spiro atoms. The Balaban J connectivity index is 0.712. The summed E-state index contributed by atoms with van der Waals surface area (Å²) in [5.74, 6) is 3.69. The highest BCUT2D eigenvalue weighted by Gasteiger charge is 2.24. The summed E-state index contributed by atoms with van der Waals surface area (Å²) in [4.78, 5) is 25.4. The van der Waals surface area contributed by atoms with E-state index in [1.165, 1.54) is 66.3 Å². The van der Waals surface area contributed by atoms with Crippen molar-refractivity contribution >= 4 is 55.7 Å². The minimum absolute atomic E-state index is 0.0620. The number of aryl methyl sites for hydroxylation is 2. The van der Waals surface area contributed by atoms with Crippen molar-refractivity contribution in [2.45, 2.75) is 175 Å². The maximum absolute atomic E-state index is 5.16. The molecule has 7 aromatic carbocycles. The Bertz CT molecular complexity index is 3600. The van der Waals surface area contributed by atoms with Crippen molar-refractivity contribution in [1.29, 1.82) is 0 Å². The van der Waals surface area contributed by atoms with Crippen LogP contribution in [0.15, 0.2) is 189 Å². The summed E-state index contributed by atoms with van der Waals surface area (Å²) >= 11 is 7.86. The summed E-state index contributed by atoms with van der Waals surface area (Å²) in [5, 5.41) is 3.60. The second-order valence-electron chi connectivity index (χ2n) is 27.4. The Kier molecular flexibility index (Phi) is 20.6. The van der Waals surface area contributed by atoms with Gasteiger partial charge in [-0.05, 0) is 135 Å². The second-order valence-corrected chi connectivity index (χ2v) is 29.1. The number of halogens is 2. The normalized spacial score (nSPS) is 14.2. The zero-order valence-electron chi connectivity index (χ0n) is 53.0. The van der Waals surface area contributed by atoms with Crippen molar-refractivity contribution in [3.05, 3.63) is 240 Å². The molecule has 0 bridgehead atoms. The van der Waals surface area contributed by atoms with Crippen LogP contribution < -0.4 is 5.32 Å². The van der Waals surface area contributed by atoms with Gasteiger partial charge in [0.2, 0.25) is 0 Å². The van der Waals surface area contributed by atoms with Crippen molar-refractivity contribution in [1.82, 2.24) is 20.3 Å². The third-order valence-corrected chi connectivity index (χ3v) is 17.8. The first kappa shape index (κ1) is 63.6. The fourth-order valence-corrected chi connectivity index (χ4v) is 11.8. The molecule has 6 nitrogen and oxygen atoms in total. The molecule has 1 aromatic heterocycles. The molecule has 1 aliphatic heterocycles. The van der Waals surface area contributed by atoms with Gasteiger partial charge >= 0.3 is 0 Å². The molecule has 1 atom stereocenters. The number of aromatic nitrogens is 3. The monoisotopic (exact) mass is 1270 g/mol. The highest BCUT2D eigenvalue weighted by molar-refractivity contribution is 9.11. The second kappa shape index (κ2) is 27.9. The van der Waals surface area contributed by atoms with Crippen LogP contribution in [0.3, 0.4) is 0 Å². The van der Waals surface area contributed by atoms with E-state index in [-0.39, 0.29) is 27.8 Å². The Morgan fingerprint density at radius 1 is 0.372 bits per heavy atom. The highest BCUT2D eigenvalue weighted by Crippen LogP contribution is 2.34. The zero-order chi connectivity index (χ0) is 61.2. The highest BCUT2D eigenvalue weighted by atomic mass is 79.9. The number of rotatable bonds is 20. The lowest BCUT2D eigenvalue weighted by Crippen LogP contribution is -2.36. The number of amidine groups is 2. The van der Waals surface area contributed by atoms with Crippen LogP contribution in [0.25, 0.3) is 46.3 Å². The van der Waals surface area contributed by atoms with Gasteiger partial charge in [0.05, 0.1) is 0 Å². The molecule has 0 saturated carbocycles. The third-order valence-electron chi connectivity index (χ3n) is 16.3. The average molecular weight is 1270 g/mol. The number of nitrogens with zero attached hydrogens (tertiary/aromatic N) is 5. The molecule has 0 fully saturated rings. The molecule has 1 unspecified atom stereocenters. The maximum Gasteiger partial charge on any atom is 0.169 e. The van der Waals surface area contributed by atoms with E-state index in [1.807, 2.05) is 0 Å². The number of aliphatic imine (C=N–C) groups is 2. The molecule has 8 heteroatoms. The van der Waals surface area contributed by atoms with E-state index in [0.717, 1.165) is 96.4 Å². The van der Waals surface area contributed by atoms with E-state index in [2.05, 4.69) is 302 Å². The predicted octanol–water partition coefficient (Wildman–Crippen LogP) is 21.7. The first-order chi connectivity index (χ1) is 40.9. The molecule has 0 aliphatic carbocycles. The lowest BCUT2D eigenvalue weighted by molar-refractivity contribution is 0.589. The standard InChI is InChI=1S/C78H88Br2N6/c1-75(2,3)63-43-35-57(36-44-63)71-81-69(82-72(85-71)58-37-45-64(46-38-58)76(4,5)6)55-31-27-53(28-32-55)23-19-15-13-17-21-25-61-51-68(80)62(52-67(61)79)26-22-18-14-16-20-24-54-29-33-56(34-30-54)70-83-73(59-39-47-65(48-40-59)77(7,8)9)86-74(84-70)60-41-49-66(50-42-60)78(10,11)12/h19-20,23-24,27-52,71H,13-18,21-22,25-26H2,1-12H3,(H,81,82,85)/b23-19+,24-20+. The topological polar surface area (TPSA) is 75.4 Å². The quantitative estimate of drug-likeness (QED) is 0.0772. The van der Waals surface area contributed by atoms with E-state index < -0.39 is 0 Å². The Hall–Kier alpha value is -6.87. The molecule has 444 valence electrons. The van der Waals surface area contributed by atoms with Gasteiger partial charge in [0.15, 0.2) is 23.6 Å². The molecule has 8 aromatic rings. The smallest absolute Gasteiger partial charge is 0.169 e. The minimum atomic E-state index is -0.340. The van der Waals surface area contributed by atoms with Gasteiger partial charge in [-0.15, -0.1) is 0 Å². The lowest BCUT2D eigenvalue weighted by Gasteiger charge is -2.24. The summed E-state index contributed by atoms with van der Waals surface area (Å²) in [5.41, 5.74) is 16.6. The number of hydrogen-bond acceptors (Lipinski definition) is 6. The summed E-state index contributed by atoms with van der Waals surface area (Å²) in [7, 11) is 0. The molecule has 1 aliphatic rings. The van der Waals surface area contributed by atoms with E-state index in [4.69, 9.17) is 24.9 Å². The van der Waals surface area contributed by atoms with Gasteiger partial charge in [-0.1, -0.05) is 298 Å². The average Bonchev–Trinajstić information content (AvgIpc) is 2.70. The first-order valence-electron chi connectivity index (χ1n) is 31.1. The molecule has 9 rings (SSSR count). The molecule has 2 heterocycles. The lowest BCUT2D eigenvalue weighted by atomic mass is 9.86. The van der Waals surface area contributed by atoms with Crippen LogP contribution in [-0.4, -0.2) is 26.6 Å². The Morgan fingerprint density at radius 3 is 1.01 bits per heavy atom. The number of unbranched alkanes of at least 4 members (excludes halogenated alkanes) is 6. The molecule has 0 amide bonds. The molecular formula is C78H88Br2N6. The van der Waals surface area contributed by atoms with E-state index in [9.17, 15) is 0 Å². The first-order valence-corrected chi connectivity index (χ1v) is 32.7. The van der Waals surface area contributed by atoms with Gasteiger partial charge in [0, 0.05) is 36.8 Å². The van der Waals surface area contributed by atoms with Crippen LogP contribution >= 0.6 is 31.9 Å². The van der Waals surface area contributed by atoms with E-state index in [1.54, 1.807) is 0 Å². The van der Waals surface area contributed by atoms with Gasteiger partial charge in [-0.3, -0.25) is 0 Å². The number of nitrogens with one attached hydrogen (secondary N) is 1. The van der Waals surface area contributed by atoms with Crippen LogP contribution in [0.4, 0.5) is 0 Å². The fourth-order valence-electron chi connectivity index (χ4n) is 10.6. The Labute approximate surface area is 531 Å². The van der Waals surface area contributed by atoms with Gasteiger partial charge < -0.3 is 5.32 Å². The van der Waals surface area contributed by atoms with Crippen LogP contribution in [0, 0.1) is 0 Å². The van der Waals surface area contributed by atoms with Crippen molar-refractivity contribution in [2.24, 2.45) is 9.98 Å². The largest absolute Gasteiger partial charge is 0.324 e. The zero-order valence-corrected chi connectivity index (χ0v) is 56.1. The van der Waals surface area contributed by atoms with Crippen molar-refractivity contribution < 1.29 is 0 Å². The minimum Gasteiger partial charge on any atom is -0.324 e. The summed E-state index contributed by atoms with van der Waals surface area (Å²) in [6.45, 7) is 26.9. The predicted molar refractivity (Wildman–Crippen MR) is 373 cm³/mol. The summed E-state index contributed by atoms with van der Waals surface area (Å²) in [6.07, 6.45) is 20.0. The van der Waals surface area contributed by atoms with Crippen LogP contribution in [0.5, 0.6) is 0 Å². The van der Waals surface area contributed by atoms with Gasteiger partial charge in [-0.2, -0.15) is 0 Å². The van der Waals surface area contributed by atoms with Gasteiger partial charge in [0.1, 0.15) is 11.7 Å². The van der Waals surface area contributed by atoms with Crippen LogP contribution in [-0.2, 0) is 34.5 Å². The van der Waals surface area contributed by atoms with Crippen molar-refractivity contribution in [3.8, 4) is 34.2 Å². The summed E-state index contributed by atoms with van der Waals surface area (Å²) < 4.78 is 2.44. The fraction of sp³-hybridized carbons (Fsp3) is 0.346. The van der Waals surface area contributed by atoms with E-state index in [0.29, 0.717) is 17.5 Å². The molecule has 0 saturated heterocycles. The molecular weight excluding hydrogens is 1180 g/mol. The number of allylic oxidation sites excluding steroid dienone is 2. The molecule has 86 heavy (non-hydrogen) atoms. The van der Waals surface area contributed by atoms with Gasteiger partial charge in [-0.25, -0.2) is 24.9 Å². The molecule has 0 radical (unpaired) electrons. The molecule has 1 N–H and O–H groups in total. The Morgan fingerprint density at radius 2 is 0.674 bits per heavy atom. The van der Waals surface area contributed by atoms with E-state index >= 15 is 0 Å². The number of benzene rings is 7.